The molecule has 4 heterocycles. The average Bonchev–Trinajstić information content (AvgIpc) is 3.22. The fourth-order valence-corrected chi connectivity index (χ4v) is 3.58. The minimum atomic E-state index is -0.338. The van der Waals surface area contributed by atoms with Gasteiger partial charge in [-0.05, 0) is 26.0 Å². The van der Waals surface area contributed by atoms with Crippen LogP contribution in [0.2, 0.25) is 0 Å². The standard InChI is InChI=1S/C21H20N6O3/c1-3-26-12-16(18(28)15-5-4-13(2)25-19(15)26)21(29)27-9-6-14(11-27)30-20-17(10-22)23-7-8-24-20/h4-5,7-8,12,14H,3,6,9,11H2,1-2H3. The summed E-state index contributed by atoms with van der Waals surface area (Å²) in [5.41, 5.74) is 1.28. The highest BCUT2D eigenvalue weighted by Gasteiger charge is 2.31. The first-order chi connectivity index (χ1) is 14.5. The number of hydrogen-bond donors (Lipinski definition) is 0. The molecule has 1 amide bonds. The molecule has 0 saturated carbocycles. The highest BCUT2D eigenvalue weighted by Crippen LogP contribution is 2.20. The van der Waals surface area contributed by atoms with Gasteiger partial charge in [0.15, 0.2) is 0 Å². The summed E-state index contributed by atoms with van der Waals surface area (Å²) in [5, 5.41) is 9.55. The molecule has 3 aromatic heterocycles. The van der Waals surface area contributed by atoms with Crippen molar-refractivity contribution in [3.8, 4) is 11.9 Å². The number of nitrogens with zero attached hydrogens (tertiary/aromatic N) is 6. The first-order valence-electron chi connectivity index (χ1n) is 9.69. The van der Waals surface area contributed by atoms with Crippen LogP contribution in [-0.4, -0.2) is 49.5 Å². The molecule has 1 aliphatic rings. The summed E-state index contributed by atoms with van der Waals surface area (Å²) in [6, 6.07) is 5.43. The number of likely N-dealkylation sites (tertiary alicyclic amines) is 1. The fourth-order valence-electron chi connectivity index (χ4n) is 3.58. The van der Waals surface area contributed by atoms with Crippen molar-refractivity contribution in [2.75, 3.05) is 13.1 Å². The van der Waals surface area contributed by atoms with Gasteiger partial charge in [0, 0.05) is 43.8 Å². The van der Waals surface area contributed by atoms with Gasteiger partial charge in [0.2, 0.25) is 11.1 Å². The van der Waals surface area contributed by atoms with Crippen molar-refractivity contribution >= 4 is 16.9 Å². The van der Waals surface area contributed by atoms with Crippen LogP contribution in [0.15, 0.2) is 35.5 Å². The molecule has 1 fully saturated rings. The molecule has 1 saturated heterocycles. The Hall–Kier alpha value is -3.80. The third kappa shape index (κ3) is 3.48. The van der Waals surface area contributed by atoms with Crippen LogP contribution >= 0.6 is 0 Å². The summed E-state index contributed by atoms with van der Waals surface area (Å²) in [6.07, 6.45) is 4.71. The lowest BCUT2D eigenvalue weighted by atomic mass is 10.1. The molecule has 0 aliphatic carbocycles. The van der Waals surface area contributed by atoms with E-state index in [0.29, 0.717) is 37.1 Å². The van der Waals surface area contributed by atoms with E-state index >= 15 is 0 Å². The summed E-state index contributed by atoms with van der Waals surface area (Å²) < 4.78 is 7.61. The van der Waals surface area contributed by atoms with Gasteiger partial charge in [-0.3, -0.25) is 9.59 Å². The Bertz CT molecular complexity index is 1230. The van der Waals surface area contributed by atoms with Crippen molar-refractivity contribution < 1.29 is 9.53 Å². The second-order valence-corrected chi connectivity index (χ2v) is 7.08. The number of aryl methyl sites for hydroxylation is 2. The molecule has 0 radical (unpaired) electrons. The average molecular weight is 404 g/mol. The first-order valence-corrected chi connectivity index (χ1v) is 9.69. The van der Waals surface area contributed by atoms with Crippen LogP contribution < -0.4 is 10.2 Å². The van der Waals surface area contributed by atoms with Crippen molar-refractivity contribution in [2.45, 2.75) is 32.9 Å². The zero-order chi connectivity index (χ0) is 21.3. The molecular weight excluding hydrogens is 384 g/mol. The number of carbonyl (C=O) groups excluding carboxylic acids is 1. The maximum atomic E-state index is 13.1. The van der Waals surface area contributed by atoms with Crippen LogP contribution in [0.25, 0.3) is 11.0 Å². The normalized spacial score (nSPS) is 15.9. The molecule has 1 unspecified atom stereocenters. The predicted molar refractivity (Wildman–Crippen MR) is 108 cm³/mol. The summed E-state index contributed by atoms with van der Waals surface area (Å²) in [4.78, 5) is 40.1. The number of fused-ring (bicyclic) bond motifs is 1. The van der Waals surface area contributed by atoms with Gasteiger partial charge < -0.3 is 14.2 Å². The van der Waals surface area contributed by atoms with E-state index in [1.165, 1.54) is 12.4 Å². The molecule has 0 aromatic carbocycles. The minimum Gasteiger partial charge on any atom is -0.470 e. The monoisotopic (exact) mass is 404 g/mol. The highest BCUT2D eigenvalue weighted by molar-refractivity contribution is 5.97. The second kappa shape index (κ2) is 7.91. The van der Waals surface area contributed by atoms with Crippen molar-refractivity contribution in [2.24, 2.45) is 0 Å². The van der Waals surface area contributed by atoms with Crippen molar-refractivity contribution in [1.29, 1.82) is 5.26 Å². The molecule has 9 nitrogen and oxygen atoms in total. The largest absolute Gasteiger partial charge is 0.470 e. The Morgan fingerprint density at radius 3 is 2.90 bits per heavy atom. The number of ether oxygens (including phenoxy) is 1. The van der Waals surface area contributed by atoms with E-state index in [1.54, 1.807) is 23.2 Å². The van der Waals surface area contributed by atoms with E-state index in [-0.39, 0.29) is 34.6 Å². The second-order valence-electron chi connectivity index (χ2n) is 7.08. The molecule has 4 rings (SSSR count). The van der Waals surface area contributed by atoms with Gasteiger partial charge in [0.25, 0.3) is 11.8 Å². The molecule has 0 bridgehead atoms. The molecule has 9 heteroatoms. The topological polar surface area (TPSA) is 114 Å². The van der Waals surface area contributed by atoms with Crippen LogP contribution in [0.3, 0.4) is 0 Å². The van der Waals surface area contributed by atoms with Gasteiger partial charge in [-0.1, -0.05) is 0 Å². The van der Waals surface area contributed by atoms with E-state index in [4.69, 9.17) is 10.00 Å². The Balaban J connectivity index is 1.59. The number of rotatable bonds is 4. The van der Waals surface area contributed by atoms with Crippen LogP contribution in [0.1, 0.15) is 35.1 Å². The summed E-state index contributed by atoms with van der Waals surface area (Å²) in [5.74, 6) is -0.185. The third-order valence-corrected chi connectivity index (χ3v) is 5.11. The molecule has 0 N–H and O–H groups in total. The molecule has 1 atom stereocenters. The predicted octanol–water partition coefficient (Wildman–Crippen LogP) is 1.68. The number of nitriles is 1. The fraction of sp³-hybridized carbons (Fsp3) is 0.333. The van der Waals surface area contributed by atoms with Gasteiger partial charge in [-0.2, -0.15) is 5.26 Å². The SMILES string of the molecule is CCn1cc(C(=O)N2CCC(Oc3nccnc3C#N)C2)c(=O)c2ccc(C)nc21. The Morgan fingerprint density at radius 2 is 2.13 bits per heavy atom. The number of amides is 1. The lowest BCUT2D eigenvalue weighted by Gasteiger charge is -2.18. The zero-order valence-electron chi connectivity index (χ0n) is 16.7. The lowest BCUT2D eigenvalue weighted by molar-refractivity contribution is 0.0769. The Kier molecular flexibility index (Phi) is 5.14. The number of carbonyl (C=O) groups is 1. The minimum absolute atomic E-state index is 0.102. The lowest BCUT2D eigenvalue weighted by Crippen LogP contribution is -2.34. The molecule has 30 heavy (non-hydrogen) atoms. The van der Waals surface area contributed by atoms with Crippen LogP contribution in [0.4, 0.5) is 0 Å². The van der Waals surface area contributed by atoms with Crippen molar-refractivity contribution in [3.05, 3.63) is 57.9 Å². The number of hydrogen-bond acceptors (Lipinski definition) is 7. The van der Waals surface area contributed by atoms with E-state index < -0.39 is 0 Å². The van der Waals surface area contributed by atoms with E-state index in [2.05, 4.69) is 15.0 Å². The maximum Gasteiger partial charge on any atom is 0.259 e. The summed E-state index contributed by atoms with van der Waals surface area (Å²) in [7, 11) is 0. The zero-order valence-corrected chi connectivity index (χ0v) is 16.7. The highest BCUT2D eigenvalue weighted by atomic mass is 16.5. The van der Waals surface area contributed by atoms with Gasteiger partial charge in [0.05, 0.1) is 11.9 Å². The smallest absolute Gasteiger partial charge is 0.259 e. The Morgan fingerprint density at radius 1 is 1.33 bits per heavy atom. The third-order valence-electron chi connectivity index (χ3n) is 5.11. The number of aromatic nitrogens is 4. The van der Waals surface area contributed by atoms with E-state index in [1.807, 2.05) is 24.5 Å². The number of pyridine rings is 2. The van der Waals surface area contributed by atoms with Crippen LogP contribution in [0.5, 0.6) is 5.88 Å². The van der Waals surface area contributed by atoms with Gasteiger partial charge in [-0.25, -0.2) is 15.0 Å². The van der Waals surface area contributed by atoms with Crippen LogP contribution in [0, 0.1) is 18.3 Å². The van der Waals surface area contributed by atoms with Crippen LogP contribution in [-0.2, 0) is 6.54 Å². The van der Waals surface area contributed by atoms with Crippen molar-refractivity contribution in [1.82, 2.24) is 24.4 Å². The van der Waals surface area contributed by atoms with Crippen molar-refractivity contribution in [3.63, 3.8) is 0 Å². The Labute approximate surface area is 172 Å². The summed E-state index contributed by atoms with van der Waals surface area (Å²) in [6.45, 7) is 5.14. The quantitative estimate of drug-likeness (QED) is 0.650. The van der Waals surface area contributed by atoms with Gasteiger partial charge in [-0.15, -0.1) is 0 Å². The first kappa shape index (κ1) is 19.5. The molecule has 0 spiro atoms. The van der Waals surface area contributed by atoms with Gasteiger partial charge >= 0.3 is 0 Å². The maximum absolute atomic E-state index is 13.1. The molecule has 3 aromatic rings. The van der Waals surface area contributed by atoms with E-state index in [0.717, 1.165) is 5.69 Å². The van der Waals surface area contributed by atoms with E-state index in [9.17, 15) is 9.59 Å². The van der Waals surface area contributed by atoms with Gasteiger partial charge in [0.1, 0.15) is 23.4 Å². The molecule has 1 aliphatic heterocycles. The summed E-state index contributed by atoms with van der Waals surface area (Å²) >= 11 is 0. The molecule has 152 valence electrons. The molecular formula is C21H20N6O3.